The smallest absolute Gasteiger partial charge is 0.147 e. The molecular formula is C9H14N6. The molecule has 1 aliphatic heterocycles. The van der Waals surface area contributed by atoms with Crippen LogP contribution in [0.4, 0.5) is 0 Å². The first kappa shape index (κ1) is 10.1. The van der Waals surface area contributed by atoms with E-state index >= 15 is 0 Å². The van der Waals surface area contributed by atoms with Crippen LogP contribution in [0.15, 0.2) is 6.33 Å². The lowest BCUT2D eigenvalue weighted by atomic mass is 10.1. The van der Waals surface area contributed by atoms with E-state index in [0.717, 1.165) is 18.9 Å². The molecule has 0 aromatic carbocycles. The Kier molecular flexibility index (Phi) is 2.42. The molecular weight excluding hydrogens is 192 g/mol. The van der Waals surface area contributed by atoms with Crippen LogP contribution in [0.5, 0.6) is 0 Å². The zero-order valence-corrected chi connectivity index (χ0v) is 8.72. The summed E-state index contributed by atoms with van der Waals surface area (Å²) in [6, 6.07) is 2.10. The third kappa shape index (κ3) is 2.14. The van der Waals surface area contributed by atoms with Crippen LogP contribution in [0, 0.1) is 11.3 Å². The fourth-order valence-corrected chi connectivity index (χ4v) is 1.75. The molecule has 15 heavy (non-hydrogen) atoms. The number of nitrogens with two attached hydrogens (primary N) is 1. The SMILES string of the molecule is CC(N)(C#N)CN1CCn2cnnc2C1. The van der Waals surface area contributed by atoms with E-state index < -0.39 is 5.54 Å². The number of rotatable bonds is 2. The van der Waals surface area contributed by atoms with E-state index in [0.29, 0.717) is 13.1 Å². The van der Waals surface area contributed by atoms with E-state index in [1.165, 1.54) is 0 Å². The number of aromatic nitrogens is 3. The van der Waals surface area contributed by atoms with Gasteiger partial charge in [0.15, 0.2) is 0 Å². The van der Waals surface area contributed by atoms with Crippen molar-refractivity contribution in [2.24, 2.45) is 5.73 Å². The zero-order valence-electron chi connectivity index (χ0n) is 8.72. The summed E-state index contributed by atoms with van der Waals surface area (Å²) in [5.41, 5.74) is 5.01. The quantitative estimate of drug-likeness (QED) is 0.694. The lowest BCUT2D eigenvalue weighted by molar-refractivity contribution is 0.192. The van der Waals surface area contributed by atoms with Gasteiger partial charge in [-0.25, -0.2) is 0 Å². The highest BCUT2D eigenvalue weighted by atomic mass is 15.3. The highest BCUT2D eigenvalue weighted by molar-refractivity contribution is 5.04. The first-order chi connectivity index (χ1) is 7.11. The van der Waals surface area contributed by atoms with E-state index in [1.54, 1.807) is 13.3 Å². The lowest BCUT2D eigenvalue weighted by Gasteiger charge is -2.30. The maximum atomic E-state index is 8.85. The van der Waals surface area contributed by atoms with Gasteiger partial charge in [-0.3, -0.25) is 4.90 Å². The van der Waals surface area contributed by atoms with Gasteiger partial charge in [-0.2, -0.15) is 5.26 Å². The summed E-state index contributed by atoms with van der Waals surface area (Å²) in [6.45, 7) is 4.78. The Morgan fingerprint density at radius 1 is 1.67 bits per heavy atom. The van der Waals surface area contributed by atoms with Crippen LogP contribution in [-0.4, -0.2) is 38.3 Å². The van der Waals surface area contributed by atoms with Crippen molar-refractivity contribution >= 4 is 0 Å². The number of nitriles is 1. The highest BCUT2D eigenvalue weighted by Crippen LogP contribution is 2.11. The Morgan fingerprint density at radius 2 is 2.47 bits per heavy atom. The molecule has 2 heterocycles. The van der Waals surface area contributed by atoms with Crippen molar-refractivity contribution in [1.82, 2.24) is 19.7 Å². The highest BCUT2D eigenvalue weighted by Gasteiger charge is 2.25. The Balaban J connectivity index is 2.02. The molecule has 1 aliphatic rings. The van der Waals surface area contributed by atoms with E-state index in [4.69, 9.17) is 11.0 Å². The topological polar surface area (TPSA) is 83.8 Å². The molecule has 1 aromatic heterocycles. The third-order valence-electron chi connectivity index (χ3n) is 2.53. The van der Waals surface area contributed by atoms with Crippen LogP contribution in [-0.2, 0) is 13.1 Å². The van der Waals surface area contributed by atoms with Crippen molar-refractivity contribution in [3.05, 3.63) is 12.2 Å². The van der Waals surface area contributed by atoms with Crippen molar-refractivity contribution < 1.29 is 0 Å². The monoisotopic (exact) mass is 206 g/mol. The van der Waals surface area contributed by atoms with Crippen LogP contribution in [0.2, 0.25) is 0 Å². The van der Waals surface area contributed by atoms with Gasteiger partial charge in [0.25, 0.3) is 0 Å². The van der Waals surface area contributed by atoms with Gasteiger partial charge in [0.05, 0.1) is 12.6 Å². The summed E-state index contributed by atoms with van der Waals surface area (Å²) in [5, 5.41) is 16.7. The van der Waals surface area contributed by atoms with Crippen LogP contribution < -0.4 is 5.73 Å². The summed E-state index contributed by atoms with van der Waals surface area (Å²) < 4.78 is 2.02. The molecule has 0 spiro atoms. The van der Waals surface area contributed by atoms with Crippen molar-refractivity contribution in [2.45, 2.75) is 25.6 Å². The molecule has 1 atom stereocenters. The average molecular weight is 206 g/mol. The summed E-state index contributed by atoms with van der Waals surface area (Å²) in [5.74, 6) is 0.940. The average Bonchev–Trinajstić information content (AvgIpc) is 2.64. The fourth-order valence-electron chi connectivity index (χ4n) is 1.75. The summed E-state index contributed by atoms with van der Waals surface area (Å²) >= 11 is 0. The summed E-state index contributed by atoms with van der Waals surface area (Å²) in [7, 11) is 0. The van der Waals surface area contributed by atoms with Gasteiger partial charge in [-0.1, -0.05) is 0 Å². The van der Waals surface area contributed by atoms with Gasteiger partial charge < -0.3 is 10.3 Å². The number of hydrogen-bond acceptors (Lipinski definition) is 5. The number of hydrogen-bond donors (Lipinski definition) is 1. The standard InChI is InChI=1S/C9H14N6/c1-9(11,5-10)6-14-2-3-15-7-12-13-8(15)4-14/h7H,2-4,6,11H2,1H3. The number of nitrogens with zero attached hydrogens (tertiary/aromatic N) is 5. The van der Waals surface area contributed by atoms with E-state index in [9.17, 15) is 0 Å². The van der Waals surface area contributed by atoms with Crippen LogP contribution >= 0.6 is 0 Å². The van der Waals surface area contributed by atoms with Crippen molar-refractivity contribution in [3.63, 3.8) is 0 Å². The van der Waals surface area contributed by atoms with E-state index in [1.807, 2.05) is 4.57 Å². The second kappa shape index (κ2) is 3.61. The van der Waals surface area contributed by atoms with Gasteiger partial charge in [-0.15, -0.1) is 10.2 Å². The minimum absolute atomic E-state index is 0.566. The normalized spacial score (nSPS) is 20.3. The minimum Gasteiger partial charge on any atom is -0.315 e. The Labute approximate surface area is 88.3 Å². The molecule has 2 N–H and O–H groups in total. The van der Waals surface area contributed by atoms with E-state index in [2.05, 4.69) is 21.2 Å². The molecule has 0 saturated carbocycles. The molecule has 0 saturated heterocycles. The Bertz CT molecular complexity index is 388. The first-order valence-corrected chi connectivity index (χ1v) is 4.90. The van der Waals surface area contributed by atoms with Gasteiger partial charge in [-0.05, 0) is 6.92 Å². The van der Waals surface area contributed by atoms with Gasteiger partial charge in [0.2, 0.25) is 0 Å². The molecule has 0 fully saturated rings. The second-order valence-corrected chi connectivity index (χ2v) is 4.18. The summed E-state index contributed by atoms with van der Waals surface area (Å²) in [6.07, 6.45) is 1.73. The molecule has 0 aliphatic carbocycles. The first-order valence-electron chi connectivity index (χ1n) is 4.90. The molecule has 0 bridgehead atoms. The number of fused-ring (bicyclic) bond motifs is 1. The van der Waals surface area contributed by atoms with Gasteiger partial charge in [0.1, 0.15) is 17.7 Å². The molecule has 0 radical (unpaired) electrons. The van der Waals surface area contributed by atoms with Gasteiger partial charge >= 0.3 is 0 Å². The van der Waals surface area contributed by atoms with Crippen LogP contribution in [0.1, 0.15) is 12.7 Å². The predicted octanol–water partition coefficient (Wildman–Crippen LogP) is -0.665. The lowest BCUT2D eigenvalue weighted by Crippen LogP contribution is -2.48. The largest absolute Gasteiger partial charge is 0.315 e. The van der Waals surface area contributed by atoms with E-state index in [-0.39, 0.29) is 0 Å². The fraction of sp³-hybridized carbons (Fsp3) is 0.667. The molecule has 2 rings (SSSR count). The zero-order chi connectivity index (χ0) is 10.9. The van der Waals surface area contributed by atoms with Crippen LogP contribution in [0.25, 0.3) is 0 Å². The Hall–Kier alpha value is -1.45. The third-order valence-corrected chi connectivity index (χ3v) is 2.53. The molecule has 1 unspecified atom stereocenters. The maximum absolute atomic E-state index is 8.85. The molecule has 6 nitrogen and oxygen atoms in total. The van der Waals surface area contributed by atoms with Crippen molar-refractivity contribution in [1.29, 1.82) is 5.26 Å². The molecule has 1 aromatic rings. The van der Waals surface area contributed by atoms with Crippen LogP contribution in [0.3, 0.4) is 0 Å². The second-order valence-electron chi connectivity index (χ2n) is 4.18. The minimum atomic E-state index is -0.789. The molecule has 0 amide bonds. The summed E-state index contributed by atoms with van der Waals surface area (Å²) in [4.78, 5) is 2.13. The molecule has 80 valence electrons. The van der Waals surface area contributed by atoms with Crippen molar-refractivity contribution in [3.8, 4) is 6.07 Å². The molecule has 6 heteroatoms. The predicted molar refractivity (Wildman–Crippen MR) is 53.5 cm³/mol. The van der Waals surface area contributed by atoms with Crippen molar-refractivity contribution in [2.75, 3.05) is 13.1 Å². The Morgan fingerprint density at radius 3 is 3.20 bits per heavy atom. The maximum Gasteiger partial charge on any atom is 0.147 e. The van der Waals surface area contributed by atoms with Gasteiger partial charge in [0, 0.05) is 19.6 Å².